The second-order valence-corrected chi connectivity index (χ2v) is 11.6. The molecule has 22 heavy (non-hydrogen) atoms. The van der Waals surface area contributed by atoms with Gasteiger partial charge < -0.3 is 0 Å². The molecule has 0 heteroatoms. The molecular formula is C22H36. The normalized spacial score (nSPS) is 76.6. The summed E-state index contributed by atoms with van der Waals surface area (Å²) < 4.78 is 0. The summed E-state index contributed by atoms with van der Waals surface area (Å²) in [6, 6.07) is 0. The molecule has 0 aromatic heterocycles. The Bertz CT molecular complexity index is 605. The van der Waals surface area contributed by atoms with E-state index < -0.39 is 0 Å². The van der Waals surface area contributed by atoms with E-state index in [4.69, 9.17) is 0 Å². The van der Waals surface area contributed by atoms with Crippen molar-refractivity contribution >= 4 is 0 Å². The zero-order chi connectivity index (χ0) is 16.3. The van der Waals surface area contributed by atoms with Crippen molar-refractivity contribution in [2.24, 2.45) is 62.1 Å². The van der Waals surface area contributed by atoms with Gasteiger partial charge in [0.15, 0.2) is 0 Å². The summed E-state index contributed by atoms with van der Waals surface area (Å²) in [6.45, 7) is 23.6. The van der Waals surface area contributed by atoms with E-state index in [0.717, 1.165) is 35.0 Å². The summed E-state index contributed by atoms with van der Waals surface area (Å²) in [6.07, 6.45) is 3.09. The Morgan fingerprint density at radius 2 is 1.45 bits per heavy atom. The van der Waals surface area contributed by atoms with Gasteiger partial charge in [-0.2, -0.15) is 0 Å². The van der Waals surface area contributed by atoms with Gasteiger partial charge in [0.25, 0.3) is 0 Å². The second kappa shape index (κ2) is 2.99. The van der Waals surface area contributed by atoms with Crippen LogP contribution in [0, 0.1) is 62.1 Å². The van der Waals surface area contributed by atoms with E-state index >= 15 is 0 Å². The van der Waals surface area contributed by atoms with Gasteiger partial charge in [-0.25, -0.2) is 0 Å². The van der Waals surface area contributed by atoms with Gasteiger partial charge in [-0.3, -0.25) is 0 Å². The van der Waals surface area contributed by atoms with Gasteiger partial charge in [-0.1, -0.05) is 62.3 Å². The van der Waals surface area contributed by atoms with Crippen molar-refractivity contribution in [1.29, 1.82) is 0 Å². The summed E-state index contributed by atoms with van der Waals surface area (Å²) >= 11 is 0. The highest BCUT2D eigenvalue weighted by molar-refractivity contribution is 5.48. The summed E-state index contributed by atoms with van der Waals surface area (Å²) in [5.41, 5.74) is 3.71. The van der Waals surface area contributed by atoms with Gasteiger partial charge in [0.05, 0.1) is 0 Å². The molecule has 0 spiro atoms. The molecule has 0 saturated heterocycles. The Morgan fingerprint density at radius 3 is 1.95 bits per heavy atom. The maximum Gasteiger partial charge on any atom is -0.0167 e. The van der Waals surface area contributed by atoms with Gasteiger partial charge in [-0.05, 0) is 74.9 Å². The minimum absolute atomic E-state index is 0.541. The highest BCUT2D eigenvalue weighted by atomic mass is 15.1. The second-order valence-electron chi connectivity index (χ2n) is 11.6. The average molecular weight is 301 g/mol. The van der Waals surface area contributed by atoms with Crippen LogP contribution in [0.5, 0.6) is 0 Å². The van der Waals surface area contributed by atoms with Gasteiger partial charge in [0.1, 0.15) is 0 Å². The smallest absolute Gasteiger partial charge is 0.0167 e. The Hall–Kier alpha value is 0. The Labute approximate surface area is 137 Å². The van der Waals surface area contributed by atoms with Crippen molar-refractivity contribution < 1.29 is 0 Å². The minimum atomic E-state index is 0.541. The van der Waals surface area contributed by atoms with E-state index in [1.54, 1.807) is 6.42 Å². The molecule has 10 unspecified atom stereocenters. The van der Waals surface area contributed by atoms with Crippen LogP contribution in [-0.2, 0) is 0 Å². The lowest BCUT2D eigenvalue weighted by Crippen LogP contribution is -2.82. The van der Waals surface area contributed by atoms with E-state index in [2.05, 4.69) is 62.3 Å². The molecule has 0 aliphatic heterocycles. The molecule has 5 fully saturated rings. The Balaban J connectivity index is 1.71. The number of hydrogen-bond acceptors (Lipinski definition) is 0. The maximum atomic E-state index is 2.74. The molecule has 0 amide bonds. The quantitative estimate of drug-likeness (QED) is 0.556. The molecule has 5 rings (SSSR count). The molecule has 0 radical (unpaired) electrons. The topological polar surface area (TPSA) is 0 Å². The van der Waals surface area contributed by atoms with Crippen LogP contribution in [0.25, 0.3) is 0 Å². The van der Waals surface area contributed by atoms with E-state index in [-0.39, 0.29) is 0 Å². The highest BCUT2D eigenvalue weighted by Crippen LogP contribution is 3.06. The first kappa shape index (κ1) is 14.4. The lowest BCUT2D eigenvalue weighted by molar-refractivity contribution is -0.389. The fourth-order valence-corrected chi connectivity index (χ4v) is 11.3. The molecule has 0 nitrogen and oxygen atoms in total. The molecule has 2 bridgehead atoms. The van der Waals surface area contributed by atoms with Crippen LogP contribution < -0.4 is 0 Å². The molecule has 5 aliphatic carbocycles. The molecule has 0 N–H and O–H groups in total. The maximum absolute atomic E-state index is 2.74. The average Bonchev–Trinajstić information content (AvgIpc) is 2.69. The standard InChI is InChI=1S/C22H36/c1-12(2)18(6)14(4)15-16-21(9,20(15,18)8)17(5)11-22(16)10-13(3)19(17,22)7/h12-16H,10-11H2,1-9H3. The van der Waals surface area contributed by atoms with Crippen LogP contribution in [0.4, 0.5) is 0 Å². The first-order valence-corrected chi connectivity index (χ1v) is 9.93. The van der Waals surface area contributed by atoms with E-state index in [1.807, 2.05) is 0 Å². The third-order valence-electron chi connectivity index (χ3n) is 12.8. The largest absolute Gasteiger partial charge is 0.0622 e. The van der Waals surface area contributed by atoms with E-state index in [0.29, 0.717) is 27.1 Å². The van der Waals surface area contributed by atoms with Gasteiger partial charge >= 0.3 is 0 Å². The molecule has 5 aliphatic rings. The summed E-state index contributed by atoms with van der Waals surface area (Å²) in [5, 5.41) is 0. The minimum Gasteiger partial charge on any atom is -0.0622 e. The van der Waals surface area contributed by atoms with E-state index in [9.17, 15) is 0 Å². The van der Waals surface area contributed by atoms with Crippen LogP contribution in [0.1, 0.15) is 75.2 Å². The highest BCUT2D eigenvalue weighted by Gasteiger charge is 3.01. The van der Waals surface area contributed by atoms with Crippen molar-refractivity contribution in [1.82, 2.24) is 0 Å². The first-order valence-electron chi connectivity index (χ1n) is 9.93. The van der Waals surface area contributed by atoms with E-state index in [1.165, 1.54) is 6.42 Å². The van der Waals surface area contributed by atoms with Crippen molar-refractivity contribution in [3.05, 3.63) is 0 Å². The fraction of sp³-hybridized carbons (Fsp3) is 1.00. The van der Waals surface area contributed by atoms with Crippen LogP contribution in [0.3, 0.4) is 0 Å². The molecular weight excluding hydrogens is 264 g/mol. The lowest BCUT2D eigenvalue weighted by Gasteiger charge is -2.85. The number of hydrogen-bond donors (Lipinski definition) is 0. The summed E-state index contributed by atoms with van der Waals surface area (Å²) in [5.74, 6) is 4.74. The van der Waals surface area contributed by atoms with Crippen molar-refractivity contribution in [3.8, 4) is 0 Å². The Kier molecular flexibility index (Phi) is 1.95. The van der Waals surface area contributed by atoms with Gasteiger partial charge in [0, 0.05) is 0 Å². The molecule has 0 heterocycles. The zero-order valence-electron chi connectivity index (χ0n) is 16.3. The SMILES string of the molecule is CC(C)C1(C)C(C)C2C3C45CC(C)C4(C)C(C)(C5)C3(C)C21C. The van der Waals surface area contributed by atoms with Crippen LogP contribution >= 0.6 is 0 Å². The van der Waals surface area contributed by atoms with Gasteiger partial charge in [-0.15, -0.1) is 0 Å². The van der Waals surface area contributed by atoms with Crippen molar-refractivity contribution in [3.63, 3.8) is 0 Å². The molecule has 10 atom stereocenters. The van der Waals surface area contributed by atoms with Crippen LogP contribution in [0.2, 0.25) is 0 Å². The van der Waals surface area contributed by atoms with Crippen LogP contribution in [0.15, 0.2) is 0 Å². The first-order chi connectivity index (χ1) is 9.93. The molecule has 5 saturated carbocycles. The molecule has 0 aromatic rings. The monoisotopic (exact) mass is 300 g/mol. The third-order valence-corrected chi connectivity index (χ3v) is 12.8. The van der Waals surface area contributed by atoms with Crippen LogP contribution in [-0.4, -0.2) is 0 Å². The van der Waals surface area contributed by atoms with Crippen molar-refractivity contribution in [2.45, 2.75) is 75.2 Å². The third kappa shape index (κ3) is 0.722. The predicted octanol–water partition coefficient (Wildman–Crippen LogP) is 6.01. The number of fused-ring (bicyclic) bond motifs is 5. The molecule has 124 valence electrons. The Morgan fingerprint density at radius 1 is 0.864 bits per heavy atom. The number of rotatable bonds is 1. The summed E-state index contributed by atoms with van der Waals surface area (Å²) in [7, 11) is 0. The molecule has 0 aromatic carbocycles. The fourth-order valence-electron chi connectivity index (χ4n) is 11.3. The van der Waals surface area contributed by atoms with Crippen molar-refractivity contribution in [2.75, 3.05) is 0 Å². The lowest BCUT2D eigenvalue weighted by atomic mass is 9.18. The summed E-state index contributed by atoms with van der Waals surface area (Å²) in [4.78, 5) is 0. The van der Waals surface area contributed by atoms with Gasteiger partial charge in [0.2, 0.25) is 0 Å². The zero-order valence-corrected chi connectivity index (χ0v) is 16.3. The predicted molar refractivity (Wildman–Crippen MR) is 92.3 cm³/mol.